The lowest BCUT2D eigenvalue weighted by Gasteiger charge is -2.43. The second-order valence-corrected chi connectivity index (χ2v) is 10.6. The Bertz CT molecular complexity index is 876. The van der Waals surface area contributed by atoms with E-state index in [1.54, 1.807) is 0 Å². The highest BCUT2D eigenvalue weighted by atomic mass is 16.3. The number of hydrogen-bond donors (Lipinski definition) is 1. The number of anilines is 1. The lowest BCUT2D eigenvalue weighted by atomic mass is 9.78. The van der Waals surface area contributed by atoms with Crippen molar-refractivity contribution >= 4 is 17.6 Å². The Kier molecular flexibility index (Phi) is 6.25. The highest BCUT2D eigenvalue weighted by molar-refractivity contribution is 5.86. The highest BCUT2D eigenvalue weighted by Crippen LogP contribution is 2.42. The maximum Gasteiger partial charge on any atom is 0.320 e. The number of carbonyl (C=O) groups is 2. The average molecular weight is 455 g/mol. The van der Waals surface area contributed by atoms with Crippen LogP contribution in [0.3, 0.4) is 0 Å². The molecule has 7 nitrogen and oxygen atoms in total. The largest absolute Gasteiger partial charge is 0.393 e. The topological polar surface area (TPSA) is 67.3 Å². The van der Waals surface area contributed by atoms with Gasteiger partial charge in [0, 0.05) is 57.5 Å². The van der Waals surface area contributed by atoms with Gasteiger partial charge in [-0.05, 0) is 63.5 Å². The summed E-state index contributed by atoms with van der Waals surface area (Å²) in [5, 5.41) is 9.84. The number of aliphatic hydroxyl groups is 1. The number of aliphatic hydroxyl groups excluding tert-OH is 1. The Morgan fingerprint density at radius 2 is 1.67 bits per heavy atom. The van der Waals surface area contributed by atoms with Gasteiger partial charge in [0.1, 0.15) is 0 Å². The number of para-hydroxylation sites is 1. The summed E-state index contributed by atoms with van der Waals surface area (Å²) in [6, 6.07) is 8.80. The molecule has 33 heavy (non-hydrogen) atoms. The normalized spacial score (nSPS) is 30.9. The zero-order valence-electron chi connectivity index (χ0n) is 19.9. The van der Waals surface area contributed by atoms with E-state index in [9.17, 15) is 14.7 Å². The molecule has 1 saturated carbocycles. The fraction of sp³-hybridized carbons (Fsp3) is 0.692. The van der Waals surface area contributed by atoms with Gasteiger partial charge in [-0.2, -0.15) is 0 Å². The maximum atomic E-state index is 13.5. The van der Waals surface area contributed by atoms with E-state index >= 15 is 0 Å². The van der Waals surface area contributed by atoms with E-state index in [0.29, 0.717) is 6.54 Å². The number of rotatable bonds is 2. The van der Waals surface area contributed by atoms with Crippen molar-refractivity contribution in [3.8, 4) is 0 Å². The first-order valence-electron chi connectivity index (χ1n) is 12.8. The van der Waals surface area contributed by atoms with Crippen LogP contribution >= 0.6 is 0 Å². The van der Waals surface area contributed by atoms with Crippen molar-refractivity contribution in [3.63, 3.8) is 0 Å². The van der Waals surface area contributed by atoms with E-state index in [1.807, 2.05) is 9.80 Å². The molecule has 1 aromatic rings. The number of nitrogens with zero attached hydrogens (tertiary/aromatic N) is 4. The molecule has 1 N–H and O–H groups in total. The van der Waals surface area contributed by atoms with E-state index in [2.05, 4.69) is 41.0 Å². The summed E-state index contributed by atoms with van der Waals surface area (Å²) in [4.78, 5) is 35.3. The second-order valence-electron chi connectivity index (χ2n) is 10.6. The SMILES string of the molecule is Cc1ccccc1N1CCN(C(=O)N2CCC[C@@]3(CCN(C4CCC(O)CC4)C3=O)C2)CC1. The third-order valence-corrected chi connectivity index (χ3v) is 8.51. The van der Waals surface area contributed by atoms with Gasteiger partial charge in [-0.3, -0.25) is 4.79 Å². The molecule has 0 aromatic heterocycles. The van der Waals surface area contributed by atoms with E-state index in [0.717, 1.165) is 84.2 Å². The first-order valence-corrected chi connectivity index (χ1v) is 12.8. The molecular weight excluding hydrogens is 416 g/mol. The molecule has 1 aliphatic carbocycles. The molecule has 180 valence electrons. The van der Waals surface area contributed by atoms with Crippen molar-refractivity contribution in [3.05, 3.63) is 29.8 Å². The Hall–Kier alpha value is -2.28. The third kappa shape index (κ3) is 4.32. The summed E-state index contributed by atoms with van der Waals surface area (Å²) in [6.45, 7) is 7.39. The molecular formula is C26H38N4O3. The quantitative estimate of drug-likeness (QED) is 0.746. The van der Waals surface area contributed by atoms with Crippen molar-refractivity contribution in [1.29, 1.82) is 0 Å². The molecule has 3 aliphatic heterocycles. The molecule has 4 fully saturated rings. The van der Waals surface area contributed by atoms with Gasteiger partial charge in [0.25, 0.3) is 0 Å². The Labute approximate surface area is 197 Å². The van der Waals surface area contributed by atoms with Crippen LogP contribution in [-0.4, -0.2) is 89.7 Å². The molecule has 1 spiro atoms. The molecule has 3 saturated heterocycles. The van der Waals surface area contributed by atoms with E-state index in [4.69, 9.17) is 0 Å². The lowest BCUT2D eigenvalue weighted by molar-refractivity contribution is -0.141. The van der Waals surface area contributed by atoms with Crippen molar-refractivity contribution in [2.45, 2.75) is 64.0 Å². The zero-order chi connectivity index (χ0) is 23.0. The standard InChI is InChI=1S/C26H38N4O3/c1-20-5-2-3-6-23(20)27-15-17-28(18-16-27)25(33)29-13-4-11-26(19-29)12-14-30(24(26)32)21-7-9-22(31)10-8-21/h2-3,5-6,21-22,31H,4,7-19H2,1H3/t21?,22?,26-/m1/s1. The van der Waals surface area contributed by atoms with Gasteiger partial charge < -0.3 is 24.7 Å². The fourth-order valence-corrected chi connectivity index (χ4v) is 6.50. The van der Waals surface area contributed by atoms with Gasteiger partial charge >= 0.3 is 6.03 Å². The fourth-order valence-electron chi connectivity index (χ4n) is 6.50. The van der Waals surface area contributed by atoms with Crippen LogP contribution in [0.15, 0.2) is 24.3 Å². The minimum Gasteiger partial charge on any atom is -0.393 e. The Morgan fingerprint density at radius 1 is 0.939 bits per heavy atom. The molecule has 3 amide bonds. The summed E-state index contributed by atoms with van der Waals surface area (Å²) in [5.41, 5.74) is 2.13. The van der Waals surface area contributed by atoms with Gasteiger partial charge in [-0.15, -0.1) is 0 Å². The van der Waals surface area contributed by atoms with Crippen LogP contribution < -0.4 is 4.90 Å². The van der Waals surface area contributed by atoms with Gasteiger partial charge in [0.2, 0.25) is 5.91 Å². The van der Waals surface area contributed by atoms with E-state index < -0.39 is 5.41 Å². The molecule has 4 aliphatic rings. The van der Waals surface area contributed by atoms with E-state index in [1.165, 1.54) is 11.3 Å². The first-order chi connectivity index (χ1) is 16.0. The molecule has 7 heteroatoms. The summed E-state index contributed by atoms with van der Waals surface area (Å²) >= 11 is 0. The Balaban J connectivity index is 1.19. The number of piperazine rings is 1. The van der Waals surface area contributed by atoms with Crippen LogP contribution in [0.5, 0.6) is 0 Å². The number of aryl methyl sites for hydroxylation is 1. The monoisotopic (exact) mass is 454 g/mol. The number of piperidine rings is 1. The summed E-state index contributed by atoms with van der Waals surface area (Å²) < 4.78 is 0. The van der Waals surface area contributed by atoms with Crippen LogP contribution in [0, 0.1) is 12.3 Å². The van der Waals surface area contributed by atoms with Gasteiger partial charge in [0.05, 0.1) is 11.5 Å². The molecule has 0 radical (unpaired) electrons. The van der Waals surface area contributed by atoms with Gasteiger partial charge in [0.15, 0.2) is 0 Å². The van der Waals surface area contributed by atoms with Crippen molar-refractivity contribution in [2.75, 3.05) is 50.7 Å². The molecule has 5 rings (SSSR count). The first kappa shape index (κ1) is 22.5. The third-order valence-electron chi connectivity index (χ3n) is 8.51. The van der Waals surface area contributed by atoms with Crippen LogP contribution in [0.1, 0.15) is 50.5 Å². The zero-order valence-corrected chi connectivity index (χ0v) is 19.9. The molecule has 0 bridgehead atoms. The molecule has 0 unspecified atom stereocenters. The Morgan fingerprint density at radius 3 is 2.39 bits per heavy atom. The predicted octanol–water partition coefficient (Wildman–Crippen LogP) is 2.86. The number of amides is 3. The van der Waals surface area contributed by atoms with Crippen LogP contribution in [0.4, 0.5) is 10.5 Å². The minimum absolute atomic E-state index is 0.102. The van der Waals surface area contributed by atoms with Crippen molar-refractivity contribution in [2.24, 2.45) is 5.41 Å². The number of benzene rings is 1. The lowest BCUT2D eigenvalue weighted by Crippen LogP contribution is -2.57. The predicted molar refractivity (Wildman–Crippen MR) is 128 cm³/mol. The number of hydrogen-bond acceptors (Lipinski definition) is 4. The molecule has 1 atom stereocenters. The van der Waals surface area contributed by atoms with Gasteiger partial charge in [-0.25, -0.2) is 4.79 Å². The maximum absolute atomic E-state index is 13.5. The van der Waals surface area contributed by atoms with Crippen molar-refractivity contribution in [1.82, 2.24) is 14.7 Å². The summed E-state index contributed by atoms with van der Waals surface area (Å²) in [5.74, 6) is 0.255. The number of likely N-dealkylation sites (tertiary alicyclic amines) is 2. The smallest absolute Gasteiger partial charge is 0.320 e. The summed E-state index contributed by atoms with van der Waals surface area (Å²) in [7, 11) is 0. The van der Waals surface area contributed by atoms with Gasteiger partial charge in [-0.1, -0.05) is 18.2 Å². The van der Waals surface area contributed by atoms with Crippen LogP contribution in [0.25, 0.3) is 0 Å². The number of urea groups is 1. The molecule has 1 aromatic carbocycles. The second kappa shape index (κ2) is 9.16. The van der Waals surface area contributed by atoms with E-state index in [-0.39, 0.29) is 24.1 Å². The molecule has 3 heterocycles. The summed E-state index contributed by atoms with van der Waals surface area (Å²) in [6.07, 6.45) is 5.83. The number of carbonyl (C=O) groups excluding carboxylic acids is 2. The average Bonchev–Trinajstić information content (AvgIpc) is 3.14. The minimum atomic E-state index is -0.396. The van der Waals surface area contributed by atoms with Crippen LogP contribution in [0.2, 0.25) is 0 Å². The van der Waals surface area contributed by atoms with Crippen molar-refractivity contribution < 1.29 is 14.7 Å². The highest BCUT2D eigenvalue weighted by Gasteiger charge is 2.51. The van der Waals surface area contributed by atoms with Crippen LogP contribution in [-0.2, 0) is 4.79 Å².